The number of aliphatic hydroxyl groups is 1. The molecule has 2 rings (SSSR count). The number of amides is 1. The van der Waals surface area contributed by atoms with Crippen LogP contribution in [0.1, 0.15) is 39.0 Å². The minimum absolute atomic E-state index is 0.00583. The molecule has 2 unspecified atom stereocenters. The zero-order chi connectivity index (χ0) is 15.8. The van der Waals surface area contributed by atoms with Crippen LogP contribution in [-0.4, -0.2) is 30.3 Å². The maximum atomic E-state index is 12.0. The van der Waals surface area contributed by atoms with Crippen molar-refractivity contribution in [3.8, 4) is 5.75 Å². The first-order valence-corrected chi connectivity index (χ1v) is 8.30. The minimum atomic E-state index is -0.404. The normalized spacial score (nSPS) is 17.9. The topological polar surface area (TPSA) is 58.6 Å². The zero-order valence-electron chi connectivity index (χ0n) is 13.3. The first kappa shape index (κ1) is 16.8. The summed E-state index contributed by atoms with van der Waals surface area (Å²) in [6.45, 7) is 2.78. The predicted octanol–water partition coefficient (Wildman–Crippen LogP) is 2.76. The number of ether oxygens (including phenoxy) is 1. The molecule has 4 heteroatoms. The maximum Gasteiger partial charge on any atom is 0.223 e. The van der Waals surface area contributed by atoms with Gasteiger partial charge in [0.2, 0.25) is 5.91 Å². The Bertz CT molecular complexity index is 443. The second kappa shape index (κ2) is 8.79. The Hall–Kier alpha value is -1.55. The molecule has 0 bridgehead atoms. The highest BCUT2D eigenvalue weighted by Crippen LogP contribution is 2.27. The van der Waals surface area contributed by atoms with Crippen molar-refractivity contribution >= 4 is 5.91 Å². The summed E-state index contributed by atoms with van der Waals surface area (Å²) in [5.74, 6) is 1.07. The van der Waals surface area contributed by atoms with E-state index in [-0.39, 0.29) is 11.8 Å². The highest BCUT2D eigenvalue weighted by atomic mass is 16.5. The van der Waals surface area contributed by atoms with Crippen LogP contribution < -0.4 is 10.1 Å². The van der Waals surface area contributed by atoms with Gasteiger partial charge in [-0.2, -0.15) is 0 Å². The standard InChI is InChI=1S/C18H27NO3/c1-14(11-12-22-16-9-3-2-4-10-16)18(21)19-13-17(20)15-7-5-6-8-15/h2-4,9-10,14-15,17,20H,5-8,11-13H2,1H3,(H,19,21). The van der Waals surface area contributed by atoms with Gasteiger partial charge in [-0.05, 0) is 37.3 Å². The van der Waals surface area contributed by atoms with Gasteiger partial charge in [0.25, 0.3) is 0 Å². The van der Waals surface area contributed by atoms with Crippen LogP contribution in [0.4, 0.5) is 0 Å². The van der Waals surface area contributed by atoms with Crippen molar-refractivity contribution in [1.29, 1.82) is 0 Å². The lowest BCUT2D eigenvalue weighted by Crippen LogP contribution is -2.38. The molecule has 1 saturated carbocycles. The number of rotatable bonds is 8. The second-order valence-electron chi connectivity index (χ2n) is 6.21. The first-order valence-electron chi connectivity index (χ1n) is 8.30. The second-order valence-corrected chi connectivity index (χ2v) is 6.21. The SMILES string of the molecule is CC(CCOc1ccccc1)C(=O)NCC(O)C1CCCC1. The summed E-state index contributed by atoms with van der Waals surface area (Å²) >= 11 is 0. The van der Waals surface area contributed by atoms with Crippen molar-refractivity contribution < 1.29 is 14.6 Å². The van der Waals surface area contributed by atoms with Gasteiger partial charge in [-0.3, -0.25) is 4.79 Å². The number of benzene rings is 1. The van der Waals surface area contributed by atoms with E-state index < -0.39 is 6.10 Å². The molecule has 122 valence electrons. The first-order chi connectivity index (χ1) is 10.7. The fourth-order valence-electron chi connectivity index (χ4n) is 2.89. The van der Waals surface area contributed by atoms with Gasteiger partial charge in [-0.25, -0.2) is 0 Å². The molecular formula is C18H27NO3. The van der Waals surface area contributed by atoms with E-state index >= 15 is 0 Å². The number of carbonyl (C=O) groups is 1. The summed E-state index contributed by atoms with van der Waals surface area (Å²) in [6, 6.07) is 9.61. The average Bonchev–Trinajstić information content (AvgIpc) is 3.07. The third kappa shape index (κ3) is 5.34. The number of nitrogens with one attached hydrogen (secondary N) is 1. The molecule has 0 aromatic heterocycles. The highest BCUT2D eigenvalue weighted by Gasteiger charge is 2.24. The van der Waals surface area contributed by atoms with Gasteiger partial charge in [0.15, 0.2) is 0 Å². The number of hydrogen-bond donors (Lipinski definition) is 2. The molecule has 1 aliphatic carbocycles. The molecular weight excluding hydrogens is 278 g/mol. The van der Waals surface area contributed by atoms with E-state index in [0.29, 0.717) is 25.5 Å². The molecule has 1 fully saturated rings. The summed E-state index contributed by atoms with van der Waals surface area (Å²) in [4.78, 5) is 12.0. The minimum Gasteiger partial charge on any atom is -0.494 e. The van der Waals surface area contributed by atoms with E-state index in [1.807, 2.05) is 37.3 Å². The highest BCUT2D eigenvalue weighted by molar-refractivity contribution is 5.78. The van der Waals surface area contributed by atoms with E-state index in [4.69, 9.17) is 4.74 Å². The van der Waals surface area contributed by atoms with Crippen molar-refractivity contribution in [3.05, 3.63) is 30.3 Å². The van der Waals surface area contributed by atoms with Gasteiger partial charge in [0.05, 0.1) is 12.7 Å². The van der Waals surface area contributed by atoms with Crippen LogP contribution in [-0.2, 0) is 4.79 Å². The number of hydrogen-bond acceptors (Lipinski definition) is 3. The monoisotopic (exact) mass is 305 g/mol. The largest absolute Gasteiger partial charge is 0.494 e. The van der Waals surface area contributed by atoms with Crippen molar-refractivity contribution in [1.82, 2.24) is 5.32 Å². The molecule has 2 atom stereocenters. The van der Waals surface area contributed by atoms with Crippen molar-refractivity contribution in [2.45, 2.75) is 45.1 Å². The summed E-state index contributed by atoms with van der Waals surface area (Å²) in [5, 5.41) is 12.9. The van der Waals surface area contributed by atoms with Gasteiger partial charge >= 0.3 is 0 Å². The smallest absolute Gasteiger partial charge is 0.223 e. The van der Waals surface area contributed by atoms with Crippen LogP contribution in [0.5, 0.6) is 5.75 Å². The van der Waals surface area contributed by atoms with Gasteiger partial charge in [-0.15, -0.1) is 0 Å². The summed E-state index contributed by atoms with van der Waals surface area (Å²) in [7, 11) is 0. The average molecular weight is 305 g/mol. The number of aliphatic hydroxyl groups excluding tert-OH is 1. The third-order valence-electron chi connectivity index (χ3n) is 4.44. The molecule has 1 aromatic rings. The Morgan fingerprint density at radius 1 is 1.32 bits per heavy atom. The summed E-state index contributed by atoms with van der Waals surface area (Å²) in [6.07, 6.45) is 4.82. The van der Waals surface area contributed by atoms with Gasteiger partial charge in [-0.1, -0.05) is 38.0 Å². The lowest BCUT2D eigenvalue weighted by Gasteiger charge is -2.19. The van der Waals surface area contributed by atoms with Crippen LogP contribution >= 0.6 is 0 Å². The molecule has 0 heterocycles. The predicted molar refractivity (Wildman–Crippen MR) is 86.7 cm³/mol. The van der Waals surface area contributed by atoms with Gasteiger partial charge in [0, 0.05) is 12.5 Å². The Kier molecular flexibility index (Phi) is 6.72. The molecule has 0 saturated heterocycles. The Balaban J connectivity index is 1.62. The van der Waals surface area contributed by atoms with Crippen molar-refractivity contribution in [2.24, 2.45) is 11.8 Å². The van der Waals surface area contributed by atoms with Crippen LogP contribution in [0, 0.1) is 11.8 Å². The molecule has 22 heavy (non-hydrogen) atoms. The fraction of sp³-hybridized carbons (Fsp3) is 0.611. The summed E-state index contributed by atoms with van der Waals surface area (Å²) < 4.78 is 5.60. The van der Waals surface area contributed by atoms with Gasteiger partial charge in [0.1, 0.15) is 5.75 Å². The molecule has 4 nitrogen and oxygen atoms in total. The van der Waals surface area contributed by atoms with E-state index in [1.165, 1.54) is 12.8 Å². The van der Waals surface area contributed by atoms with Crippen LogP contribution in [0.15, 0.2) is 30.3 Å². The van der Waals surface area contributed by atoms with Crippen LogP contribution in [0.25, 0.3) is 0 Å². The molecule has 2 N–H and O–H groups in total. The number of carbonyl (C=O) groups excluding carboxylic acids is 1. The fourth-order valence-corrected chi connectivity index (χ4v) is 2.89. The molecule has 0 spiro atoms. The Morgan fingerprint density at radius 3 is 2.68 bits per heavy atom. The molecule has 0 aliphatic heterocycles. The third-order valence-corrected chi connectivity index (χ3v) is 4.44. The lowest BCUT2D eigenvalue weighted by molar-refractivity contribution is -0.125. The maximum absolute atomic E-state index is 12.0. The van der Waals surface area contributed by atoms with E-state index in [9.17, 15) is 9.90 Å². The van der Waals surface area contributed by atoms with Crippen LogP contribution in [0.2, 0.25) is 0 Å². The summed E-state index contributed by atoms with van der Waals surface area (Å²) in [5.41, 5.74) is 0. The quantitative estimate of drug-likeness (QED) is 0.776. The van der Waals surface area contributed by atoms with E-state index in [2.05, 4.69) is 5.32 Å². The molecule has 1 aliphatic rings. The van der Waals surface area contributed by atoms with Gasteiger partial charge < -0.3 is 15.2 Å². The number of para-hydroxylation sites is 1. The van der Waals surface area contributed by atoms with E-state index in [1.54, 1.807) is 0 Å². The molecule has 1 amide bonds. The zero-order valence-corrected chi connectivity index (χ0v) is 13.3. The van der Waals surface area contributed by atoms with E-state index in [0.717, 1.165) is 18.6 Å². The van der Waals surface area contributed by atoms with Crippen LogP contribution in [0.3, 0.4) is 0 Å². The Labute approximate surface area is 132 Å². The molecule has 1 aromatic carbocycles. The van der Waals surface area contributed by atoms with Crippen molar-refractivity contribution in [3.63, 3.8) is 0 Å². The lowest BCUT2D eigenvalue weighted by atomic mass is 10.0. The Morgan fingerprint density at radius 2 is 2.00 bits per heavy atom. The molecule has 0 radical (unpaired) electrons. The van der Waals surface area contributed by atoms with Crippen molar-refractivity contribution in [2.75, 3.05) is 13.2 Å².